The number of ether oxygens (including phenoxy) is 1. The van der Waals surface area contributed by atoms with E-state index < -0.39 is 6.10 Å². The molecule has 1 saturated heterocycles. The first-order valence-corrected chi connectivity index (χ1v) is 7.05. The topological polar surface area (TPSA) is 68.5 Å². The van der Waals surface area contributed by atoms with Crippen molar-refractivity contribution in [2.75, 3.05) is 5.32 Å². The molecule has 5 nitrogen and oxygen atoms in total. The van der Waals surface area contributed by atoms with Gasteiger partial charge in [-0.15, -0.1) is 0 Å². The maximum absolute atomic E-state index is 12.3. The summed E-state index contributed by atoms with van der Waals surface area (Å²) in [5.41, 5.74) is 1.02. The molecule has 1 amide bonds. The van der Waals surface area contributed by atoms with Crippen LogP contribution in [-0.2, 0) is 9.53 Å². The Labute approximate surface area is 122 Å². The molecule has 110 valence electrons. The summed E-state index contributed by atoms with van der Waals surface area (Å²) >= 11 is 0. The lowest BCUT2D eigenvalue weighted by molar-refractivity contribution is -0.126. The quantitative estimate of drug-likeness (QED) is 0.880. The highest BCUT2D eigenvalue weighted by molar-refractivity contribution is 6.11. The number of ketones is 1. The summed E-state index contributed by atoms with van der Waals surface area (Å²) in [5.74, 6) is -0.272. The van der Waals surface area contributed by atoms with E-state index in [9.17, 15) is 9.59 Å². The molecule has 21 heavy (non-hydrogen) atoms. The Balaban J connectivity index is 1.93. The molecule has 0 bridgehead atoms. The van der Waals surface area contributed by atoms with E-state index in [1.165, 1.54) is 6.92 Å². The molecule has 2 atom stereocenters. The Morgan fingerprint density at radius 1 is 1.24 bits per heavy atom. The number of para-hydroxylation sites is 1. The standard InChI is InChI=1S/C16H17NO4/c1-9-7-8-13(20-9)16(19)17-14-11-5-3-4-6-12(11)21-15(14)10(2)18/h3-6,9,13H,7-8H2,1-2H3,(H,17,19)/t9-,13+/m1/s1. The zero-order chi connectivity index (χ0) is 15.0. The molecule has 1 aliphatic heterocycles. The number of hydrogen-bond acceptors (Lipinski definition) is 4. The Kier molecular flexibility index (Phi) is 3.51. The van der Waals surface area contributed by atoms with Crippen molar-refractivity contribution in [1.29, 1.82) is 0 Å². The number of carbonyl (C=O) groups excluding carboxylic acids is 2. The Morgan fingerprint density at radius 3 is 2.67 bits per heavy atom. The first-order chi connectivity index (χ1) is 10.1. The fourth-order valence-electron chi connectivity index (χ4n) is 2.62. The molecule has 0 aliphatic carbocycles. The number of anilines is 1. The van der Waals surface area contributed by atoms with Crippen LogP contribution in [0.15, 0.2) is 28.7 Å². The zero-order valence-corrected chi connectivity index (χ0v) is 12.0. The second kappa shape index (κ2) is 5.33. The highest BCUT2D eigenvalue weighted by Gasteiger charge is 2.30. The van der Waals surface area contributed by atoms with E-state index >= 15 is 0 Å². The summed E-state index contributed by atoms with van der Waals surface area (Å²) in [7, 11) is 0. The van der Waals surface area contributed by atoms with Crippen LogP contribution >= 0.6 is 0 Å². The molecular formula is C16H17NO4. The highest BCUT2D eigenvalue weighted by Crippen LogP contribution is 2.32. The van der Waals surface area contributed by atoms with Crippen molar-refractivity contribution < 1.29 is 18.7 Å². The van der Waals surface area contributed by atoms with Crippen molar-refractivity contribution in [2.45, 2.75) is 38.9 Å². The number of Topliss-reactive ketones (excluding diaryl/α,β-unsaturated/α-hetero) is 1. The maximum Gasteiger partial charge on any atom is 0.253 e. The van der Waals surface area contributed by atoms with Gasteiger partial charge in [-0.25, -0.2) is 0 Å². The van der Waals surface area contributed by atoms with Gasteiger partial charge in [-0.2, -0.15) is 0 Å². The van der Waals surface area contributed by atoms with Gasteiger partial charge in [0.15, 0.2) is 11.5 Å². The summed E-state index contributed by atoms with van der Waals surface area (Å²) in [6, 6.07) is 7.25. The van der Waals surface area contributed by atoms with Crippen LogP contribution < -0.4 is 5.32 Å². The molecule has 1 aromatic carbocycles. The fraction of sp³-hybridized carbons (Fsp3) is 0.375. The number of amides is 1. The number of hydrogen-bond donors (Lipinski definition) is 1. The number of benzene rings is 1. The van der Waals surface area contributed by atoms with Gasteiger partial charge in [0.2, 0.25) is 0 Å². The van der Waals surface area contributed by atoms with Gasteiger partial charge in [-0.05, 0) is 31.9 Å². The molecule has 3 rings (SSSR count). The smallest absolute Gasteiger partial charge is 0.253 e. The summed E-state index contributed by atoms with van der Waals surface area (Å²) in [6.07, 6.45) is 1.18. The minimum Gasteiger partial charge on any atom is -0.451 e. The van der Waals surface area contributed by atoms with Crippen LogP contribution in [0.2, 0.25) is 0 Å². The Morgan fingerprint density at radius 2 is 2.00 bits per heavy atom. The van der Waals surface area contributed by atoms with Crippen LogP contribution in [0, 0.1) is 0 Å². The van der Waals surface area contributed by atoms with Crippen LogP contribution in [0.4, 0.5) is 5.69 Å². The highest BCUT2D eigenvalue weighted by atomic mass is 16.5. The first-order valence-electron chi connectivity index (χ1n) is 7.05. The van der Waals surface area contributed by atoms with E-state index in [0.717, 1.165) is 11.8 Å². The summed E-state index contributed by atoms with van der Waals surface area (Å²) < 4.78 is 11.1. The van der Waals surface area contributed by atoms with E-state index in [-0.39, 0.29) is 23.6 Å². The summed E-state index contributed by atoms with van der Waals surface area (Å²) in [4.78, 5) is 24.0. The van der Waals surface area contributed by atoms with Gasteiger partial charge in [-0.1, -0.05) is 12.1 Å². The van der Waals surface area contributed by atoms with E-state index in [0.29, 0.717) is 17.7 Å². The van der Waals surface area contributed by atoms with Gasteiger partial charge >= 0.3 is 0 Å². The second-order valence-corrected chi connectivity index (χ2v) is 5.36. The number of nitrogens with one attached hydrogen (secondary N) is 1. The normalized spacial score (nSPS) is 21.6. The number of furan rings is 1. The van der Waals surface area contributed by atoms with E-state index in [1.807, 2.05) is 25.1 Å². The third-order valence-corrected chi connectivity index (χ3v) is 3.69. The van der Waals surface area contributed by atoms with Crippen molar-refractivity contribution in [1.82, 2.24) is 0 Å². The van der Waals surface area contributed by atoms with Gasteiger partial charge in [0.25, 0.3) is 5.91 Å². The van der Waals surface area contributed by atoms with E-state index in [2.05, 4.69) is 5.32 Å². The largest absolute Gasteiger partial charge is 0.451 e. The monoisotopic (exact) mass is 287 g/mol. The van der Waals surface area contributed by atoms with E-state index in [4.69, 9.17) is 9.15 Å². The lowest BCUT2D eigenvalue weighted by Gasteiger charge is -2.11. The first kappa shape index (κ1) is 13.8. The molecule has 5 heteroatoms. The zero-order valence-electron chi connectivity index (χ0n) is 12.0. The van der Waals surface area contributed by atoms with Crippen LogP contribution in [0.3, 0.4) is 0 Å². The maximum atomic E-state index is 12.3. The predicted molar refractivity (Wildman–Crippen MR) is 78.4 cm³/mol. The molecular weight excluding hydrogens is 270 g/mol. The van der Waals surface area contributed by atoms with Crippen LogP contribution in [0.1, 0.15) is 37.2 Å². The van der Waals surface area contributed by atoms with Gasteiger partial charge in [0.1, 0.15) is 11.7 Å². The molecule has 2 heterocycles. The predicted octanol–water partition coefficient (Wildman–Crippen LogP) is 3.14. The molecule has 1 aromatic heterocycles. The molecule has 0 spiro atoms. The number of rotatable bonds is 3. The molecule has 0 saturated carbocycles. The minimum atomic E-state index is -0.464. The second-order valence-electron chi connectivity index (χ2n) is 5.36. The van der Waals surface area contributed by atoms with Gasteiger partial charge in [0.05, 0.1) is 11.8 Å². The van der Waals surface area contributed by atoms with Crippen molar-refractivity contribution >= 4 is 28.3 Å². The van der Waals surface area contributed by atoms with Crippen molar-refractivity contribution in [2.24, 2.45) is 0 Å². The summed E-state index contributed by atoms with van der Waals surface area (Å²) in [5, 5.41) is 3.52. The fourth-order valence-corrected chi connectivity index (χ4v) is 2.62. The molecule has 0 radical (unpaired) electrons. The molecule has 1 fully saturated rings. The van der Waals surface area contributed by atoms with Crippen LogP contribution in [0.25, 0.3) is 11.0 Å². The van der Waals surface area contributed by atoms with E-state index in [1.54, 1.807) is 6.07 Å². The van der Waals surface area contributed by atoms with Crippen LogP contribution in [-0.4, -0.2) is 23.9 Å². The molecule has 0 unspecified atom stereocenters. The summed E-state index contributed by atoms with van der Waals surface area (Å²) in [6.45, 7) is 3.36. The van der Waals surface area contributed by atoms with Gasteiger partial charge in [0, 0.05) is 12.3 Å². The number of carbonyl (C=O) groups is 2. The molecule has 1 aliphatic rings. The number of fused-ring (bicyclic) bond motifs is 1. The van der Waals surface area contributed by atoms with Crippen molar-refractivity contribution in [3.05, 3.63) is 30.0 Å². The third-order valence-electron chi connectivity index (χ3n) is 3.69. The Hall–Kier alpha value is -2.14. The molecule has 2 aromatic rings. The lowest BCUT2D eigenvalue weighted by Crippen LogP contribution is -2.28. The Bertz CT molecular complexity index is 703. The van der Waals surface area contributed by atoms with Crippen molar-refractivity contribution in [3.8, 4) is 0 Å². The van der Waals surface area contributed by atoms with Crippen molar-refractivity contribution in [3.63, 3.8) is 0 Å². The van der Waals surface area contributed by atoms with Gasteiger partial charge in [-0.3, -0.25) is 9.59 Å². The van der Waals surface area contributed by atoms with Gasteiger partial charge < -0.3 is 14.5 Å². The average Bonchev–Trinajstić information content (AvgIpc) is 3.03. The third kappa shape index (κ3) is 2.56. The molecule has 1 N–H and O–H groups in total. The minimum absolute atomic E-state index is 0.0918. The lowest BCUT2D eigenvalue weighted by atomic mass is 10.1. The van der Waals surface area contributed by atoms with Crippen LogP contribution in [0.5, 0.6) is 0 Å². The SMILES string of the molecule is CC(=O)c1oc2ccccc2c1NC(=O)[C@@H]1CC[C@@H](C)O1. The average molecular weight is 287 g/mol.